The molecule has 1 aromatic carbocycles. The summed E-state index contributed by atoms with van der Waals surface area (Å²) in [6.45, 7) is 0. The van der Waals surface area contributed by atoms with Crippen molar-refractivity contribution in [2.24, 2.45) is 0 Å². The van der Waals surface area contributed by atoms with Crippen LogP contribution in [0.3, 0.4) is 0 Å². The van der Waals surface area contributed by atoms with Crippen LogP contribution in [0.2, 0.25) is 0 Å². The van der Waals surface area contributed by atoms with Crippen LogP contribution in [0.25, 0.3) is 0 Å². The number of carboxylic acid groups (broad SMARTS) is 1. The van der Waals surface area contributed by atoms with Gasteiger partial charge in [-0.05, 0) is 18.2 Å². The molecule has 0 atom stereocenters. The van der Waals surface area contributed by atoms with Gasteiger partial charge in [-0.15, -0.1) is 0 Å². The minimum Gasteiger partial charge on any atom is -0.478 e. The highest BCUT2D eigenvalue weighted by atomic mass is 79.9. The summed E-state index contributed by atoms with van der Waals surface area (Å²) in [5, 5.41) is 14.1. The third-order valence-electron chi connectivity index (χ3n) is 2.06. The SMILES string of the molecule is O=C(CBr)Nc1ccc(C(=O)O)cc1NC(=O)CBr. The Bertz CT molecular complexity index is 519. The van der Waals surface area contributed by atoms with Gasteiger partial charge in [-0.25, -0.2) is 4.79 Å². The number of carboxylic acids is 1. The summed E-state index contributed by atoms with van der Waals surface area (Å²) in [5.41, 5.74) is 0.587. The number of hydrogen-bond donors (Lipinski definition) is 3. The molecule has 3 N–H and O–H groups in total. The number of halogens is 2. The fourth-order valence-electron chi connectivity index (χ4n) is 1.26. The molecule has 6 nitrogen and oxygen atoms in total. The standard InChI is InChI=1S/C11H10Br2N2O4/c12-4-9(16)14-7-2-1-6(11(18)19)3-8(7)15-10(17)5-13/h1-3H,4-5H2,(H,14,16)(H,15,17)(H,18,19). The number of nitrogens with one attached hydrogen (secondary N) is 2. The molecule has 0 spiro atoms. The van der Waals surface area contributed by atoms with E-state index in [9.17, 15) is 14.4 Å². The number of aromatic carboxylic acids is 1. The van der Waals surface area contributed by atoms with Crippen LogP contribution in [-0.4, -0.2) is 33.6 Å². The quantitative estimate of drug-likeness (QED) is 0.667. The van der Waals surface area contributed by atoms with E-state index in [0.29, 0.717) is 5.69 Å². The maximum atomic E-state index is 11.3. The van der Waals surface area contributed by atoms with E-state index in [1.54, 1.807) is 0 Å². The number of carbonyl (C=O) groups is 3. The van der Waals surface area contributed by atoms with Crippen molar-refractivity contribution in [3.05, 3.63) is 23.8 Å². The van der Waals surface area contributed by atoms with E-state index < -0.39 is 5.97 Å². The van der Waals surface area contributed by atoms with Crippen molar-refractivity contribution in [1.82, 2.24) is 0 Å². The van der Waals surface area contributed by atoms with Crippen molar-refractivity contribution >= 4 is 61.0 Å². The van der Waals surface area contributed by atoms with Gasteiger partial charge in [0.25, 0.3) is 0 Å². The molecule has 0 saturated heterocycles. The molecule has 0 aliphatic rings. The summed E-state index contributed by atoms with van der Waals surface area (Å²) in [4.78, 5) is 33.5. The maximum absolute atomic E-state index is 11.3. The summed E-state index contributed by atoms with van der Waals surface area (Å²) in [6.07, 6.45) is 0. The highest BCUT2D eigenvalue weighted by molar-refractivity contribution is 9.09. The highest BCUT2D eigenvalue weighted by Gasteiger charge is 2.12. The van der Waals surface area contributed by atoms with Crippen molar-refractivity contribution in [3.63, 3.8) is 0 Å². The van der Waals surface area contributed by atoms with E-state index in [2.05, 4.69) is 42.5 Å². The fourth-order valence-corrected chi connectivity index (χ4v) is 1.54. The van der Waals surface area contributed by atoms with Gasteiger partial charge in [-0.1, -0.05) is 31.9 Å². The number of hydrogen-bond acceptors (Lipinski definition) is 3. The fraction of sp³-hybridized carbons (Fsp3) is 0.182. The summed E-state index contributed by atoms with van der Waals surface area (Å²) in [5.74, 6) is -1.78. The summed E-state index contributed by atoms with van der Waals surface area (Å²) < 4.78 is 0. The van der Waals surface area contributed by atoms with Crippen molar-refractivity contribution in [2.45, 2.75) is 0 Å². The molecule has 2 amide bonds. The normalized spacial score (nSPS) is 9.79. The van der Waals surface area contributed by atoms with Crippen molar-refractivity contribution in [3.8, 4) is 0 Å². The molecule has 1 rings (SSSR count). The first-order valence-corrected chi connectivity index (χ1v) is 7.31. The van der Waals surface area contributed by atoms with Gasteiger partial charge in [0.1, 0.15) is 0 Å². The van der Waals surface area contributed by atoms with Gasteiger partial charge in [-0.2, -0.15) is 0 Å². The minimum atomic E-state index is -1.12. The molecule has 0 bridgehead atoms. The zero-order valence-corrected chi connectivity index (χ0v) is 12.7. The highest BCUT2D eigenvalue weighted by Crippen LogP contribution is 2.23. The first-order valence-electron chi connectivity index (χ1n) is 5.07. The average Bonchev–Trinajstić information content (AvgIpc) is 2.39. The van der Waals surface area contributed by atoms with E-state index in [-0.39, 0.29) is 33.7 Å². The van der Waals surface area contributed by atoms with E-state index >= 15 is 0 Å². The molecule has 0 unspecified atom stereocenters. The number of carbonyl (C=O) groups excluding carboxylic acids is 2. The number of benzene rings is 1. The molecule has 0 fully saturated rings. The first kappa shape index (κ1) is 15.6. The van der Waals surface area contributed by atoms with Crippen LogP contribution in [0.1, 0.15) is 10.4 Å². The number of rotatable bonds is 5. The molecule has 102 valence electrons. The second kappa shape index (κ2) is 7.25. The molecule has 8 heteroatoms. The van der Waals surface area contributed by atoms with Crippen LogP contribution in [-0.2, 0) is 9.59 Å². The number of anilines is 2. The number of alkyl halides is 2. The molecule has 0 aliphatic carbocycles. The Hall–Kier alpha value is -1.41. The van der Waals surface area contributed by atoms with Gasteiger partial charge in [0.2, 0.25) is 11.8 Å². The lowest BCUT2D eigenvalue weighted by molar-refractivity contribution is -0.114. The molecule has 19 heavy (non-hydrogen) atoms. The van der Waals surface area contributed by atoms with Crippen molar-refractivity contribution in [1.29, 1.82) is 0 Å². The molecule has 0 heterocycles. The Morgan fingerprint density at radius 3 is 2.00 bits per heavy atom. The van der Waals surface area contributed by atoms with E-state index in [4.69, 9.17) is 5.11 Å². The smallest absolute Gasteiger partial charge is 0.335 e. The Morgan fingerprint density at radius 2 is 1.53 bits per heavy atom. The van der Waals surface area contributed by atoms with E-state index in [0.717, 1.165) is 0 Å². The maximum Gasteiger partial charge on any atom is 0.335 e. The van der Waals surface area contributed by atoms with Crippen molar-refractivity contribution in [2.75, 3.05) is 21.3 Å². The molecule has 0 aromatic heterocycles. The Morgan fingerprint density at radius 1 is 1.00 bits per heavy atom. The molecular weight excluding hydrogens is 384 g/mol. The topological polar surface area (TPSA) is 95.5 Å². The predicted octanol–water partition coefficient (Wildman–Crippen LogP) is 2.05. The van der Waals surface area contributed by atoms with Gasteiger partial charge in [-0.3, -0.25) is 9.59 Å². The van der Waals surface area contributed by atoms with Crippen LogP contribution >= 0.6 is 31.9 Å². The van der Waals surface area contributed by atoms with Crippen LogP contribution in [0.4, 0.5) is 11.4 Å². The van der Waals surface area contributed by atoms with Gasteiger partial charge < -0.3 is 15.7 Å². The second-order valence-corrected chi connectivity index (χ2v) is 4.55. The summed E-state index contributed by atoms with van der Waals surface area (Å²) >= 11 is 5.98. The van der Waals surface area contributed by atoms with Gasteiger partial charge in [0, 0.05) is 0 Å². The monoisotopic (exact) mass is 392 g/mol. The van der Waals surface area contributed by atoms with E-state index in [1.165, 1.54) is 18.2 Å². The first-order chi connectivity index (χ1) is 8.97. The van der Waals surface area contributed by atoms with Crippen LogP contribution in [0.15, 0.2) is 18.2 Å². The van der Waals surface area contributed by atoms with Gasteiger partial charge in [0.05, 0.1) is 27.6 Å². The van der Waals surface area contributed by atoms with Gasteiger partial charge in [0.15, 0.2) is 0 Å². The molecule has 0 radical (unpaired) electrons. The van der Waals surface area contributed by atoms with Gasteiger partial charge >= 0.3 is 5.97 Å². The summed E-state index contributed by atoms with van der Waals surface area (Å²) in [7, 11) is 0. The summed E-state index contributed by atoms with van der Waals surface area (Å²) in [6, 6.07) is 4.05. The third-order valence-corrected chi connectivity index (χ3v) is 3.08. The lowest BCUT2D eigenvalue weighted by Crippen LogP contribution is -2.18. The lowest BCUT2D eigenvalue weighted by atomic mass is 10.1. The Kier molecular flexibility index (Phi) is 5.97. The zero-order chi connectivity index (χ0) is 14.4. The lowest BCUT2D eigenvalue weighted by Gasteiger charge is -2.12. The molecule has 0 aliphatic heterocycles. The van der Waals surface area contributed by atoms with Crippen LogP contribution in [0.5, 0.6) is 0 Å². The molecule has 0 saturated carbocycles. The molecule has 1 aromatic rings. The number of amides is 2. The Labute approximate surface area is 125 Å². The van der Waals surface area contributed by atoms with Crippen molar-refractivity contribution < 1.29 is 19.5 Å². The van der Waals surface area contributed by atoms with Crippen LogP contribution < -0.4 is 10.6 Å². The third kappa shape index (κ3) is 4.64. The largest absolute Gasteiger partial charge is 0.478 e. The minimum absolute atomic E-state index is 0.0155. The predicted molar refractivity (Wildman–Crippen MR) is 78.2 cm³/mol. The molecular formula is C11H10Br2N2O4. The second-order valence-electron chi connectivity index (χ2n) is 3.43. The van der Waals surface area contributed by atoms with Crippen LogP contribution in [0, 0.1) is 0 Å². The average molecular weight is 394 g/mol. The Balaban J connectivity index is 3.10. The van der Waals surface area contributed by atoms with E-state index in [1.807, 2.05) is 0 Å². The zero-order valence-electron chi connectivity index (χ0n) is 9.57.